The van der Waals surface area contributed by atoms with E-state index in [1.165, 1.54) is 4.90 Å². The van der Waals surface area contributed by atoms with Crippen LogP contribution in [0.15, 0.2) is 18.2 Å². The van der Waals surface area contributed by atoms with Crippen LogP contribution >= 0.6 is 0 Å². The highest BCUT2D eigenvalue weighted by molar-refractivity contribution is 6.05. The minimum absolute atomic E-state index is 0.0913. The van der Waals surface area contributed by atoms with E-state index in [0.29, 0.717) is 11.4 Å². The van der Waals surface area contributed by atoms with E-state index >= 15 is 0 Å². The Morgan fingerprint density at radius 2 is 1.84 bits per heavy atom. The largest absolute Gasteiger partial charge is 0.495 e. The van der Waals surface area contributed by atoms with Gasteiger partial charge in [0.25, 0.3) is 0 Å². The molecule has 1 N–H and O–H groups in total. The molecule has 0 radical (unpaired) electrons. The van der Waals surface area contributed by atoms with Crippen LogP contribution in [0.4, 0.5) is 5.69 Å². The van der Waals surface area contributed by atoms with Gasteiger partial charge in [-0.3, -0.25) is 19.3 Å². The Morgan fingerprint density at radius 1 is 1.20 bits per heavy atom. The summed E-state index contributed by atoms with van der Waals surface area (Å²) >= 11 is 0. The molecule has 0 aromatic heterocycles. The van der Waals surface area contributed by atoms with Crippen molar-refractivity contribution in [3.63, 3.8) is 0 Å². The molecular formula is C19H24N2O4. The van der Waals surface area contributed by atoms with Crippen molar-refractivity contribution >= 4 is 23.4 Å². The topological polar surface area (TPSA) is 75.7 Å². The van der Waals surface area contributed by atoms with E-state index in [1.807, 2.05) is 19.1 Å². The molecule has 1 saturated heterocycles. The molecule has 2 aliphatic rings. The van der Waals surface area contributed by atoms with Gasteiger partial charge in [0.15, 0.2) is 0 Å². The molecule has 2 fully saturated rings. The Bertz CT molecular complexity index is 677. The third kappa shape index (κ3) is 3.52. The summed E-state index contributed by atoms with van der Waals surface area (Å²) in [6.45, 7) is 2.07. The number of hydrogen-bond donors (Lipinski definition) is 1. The van der Waals surface area contributed by atoms with Crippen molar-refractivity contribution in [3.05, 3.63) is 23.8 Å². The highest BCUT2D eigenvalue weighted by atomic mass is 16.5. The second-order valence-electron chi connectivity index (χ2n) is 6.83. The maximum absolute atomic E-state index is 12.4. The van der Waals surface area contributed by atoms with Crippen LogP contribution in [-0.4, -0.2) is 36.3 Å². The van der Waals surface area contributed by atoms with Gasteiger partial charge in [0, 0.05) is 13.0 Å². The second kappa shape index (κ2) is 7.25. The molecule has 1 saturated carbocycles. The first kappa shape index (κ1) is 17.5. The first-order valence-electron chi connectivity index (χ1n) is 8.81. The number of hydrogen-bond acceptors (Lipinski definition) is 4. The number of carbonyl (C=O) groups is 3. The van der Waals surface area contributed by atoms with Crippen molar-refractivity contribution in [2.45, 2.75) is 39.0 Å². The molecule has 3 amide bonds. The molecule has 1 aliphatic carbocycles. The number of likely N-dealkylation sites (tertiary alicyclic amines) is 1. The smallest absolute Gasteiger partial charge is 0.233 e. The van der Waals surface area contributed by atoms with E-state index in [4.69, 9.17) is 4.74 Å². The quantitative estimate of drug-likeness (QED) is 0.833. The maximum Gasteiger partial charge on any atom is 0.233 e. The number of amides is 3. The maximum atomic E-state index is 12.4. The van der Waals surface area contributed by atoms with Crippen molar-refractivity contribution in [3.8, 4) is 5.75 Å². The summed E-state index contributed by atoms with van der Waals surface area (Å²) < 4.78 is 5.24. The van der Waals surface area contributed by atoms with E-state index in [1.54, 1.807) is 13.2 Å². The number of nitrogens with zero attached hydrogens (tertiary/aromatic N) is 1. The summed E-state index contributed by atoms with van der Waals surface area (Å²) in [5.41, 5.74) is 1.60. The predicted octanol–water partition coefficient (Wildman–Crippen LogP) is 2.51. The van der Waals surface area contributed by atoms with E-state index in [9.17, 15) is 14.4 Å². The minimum Gasteiger partial charge on any atom is -0.495 e. The second-order valence-corrected chi connectivity index (χ2v) is 6.83. The van der Waals surface area contributed by atoms with Gasteiger partial charge in [0.05, 0.1) is 24.6 Å². The van der Waals surface area contributed by atoms with Crippen LogP contribution in [0.2, 0.25) is 0 Å². The van der Waals surface area contributed by atoms with Gasteiger partial charge in [-0.05, 0) is 37.5 Å². The lowest BCUT2D eigenvalue weighted by Crippen LogP contribution is -2.34. The number of carbonyl (C=O) groups excluding carboxylic acids is 3. The van der Waals surface area contributed by atoms with Gasteiger partial charge in [-0.15, -0.1) is 0 Å². The van der Waals surface area contributed by atoms with Crippen molar-refractivity contribution < 1.29 is 19.1 Å². The standard InChI is InChI=1S/C19H24N2O4/c1-12-7-8-16(25-2)15(11-12)20-17(22)9-10-21-18(23)13-5-3-4-6-14(13)19(21)24/h7-8,11,13-14H,3-6,9-10H2,1-2H3,(H,20,22)/t13-,14-/m1/s1. The average Bonchev–Trinajstić information content (AvgIpc) is 2.85. The fourth-order valence-electron chi connectivity index (χ4n) is 3.80. The van der Waals surface area contributed by atoms with E-state index < -0.39 is 0 Å². The number of aryl methyl sites for hydroxylation is 1. The zero-order valence-electron chi connectivity index (χ0n) is 14.7. The molecule has 0 unspecified atom stereocenters. The molecule has 0 spiro atoms. The van der Waals surface area contributed by atoms with E-state index in [0.717, 1.165) is 31.2 Å². The molecule has 2 atom stereocenters. The zero-order valence-corrected chi connectivity index (χ0v) is 14.7. The third-order valence-corrected chi connectivity index (χ3v) is 5.12. The molecule has 134 valence electrons. The fourth-order valence-corrected chi connectivity index (χ4v) is 3.80. The SMILES string of the molecule is COc1ccc(C)cc1NC(=O)CCN1C(=O)[C@@H]2CCCC[C@H]2C1=O. The monoisotopic (exact) mass is 344 g/mol. The first-order chi connectivity index (χ1) is 12.0. The lowest BCUT2D eigenvalue weighted by Gasteiger charge is -2.19. The molecule has 1 aromatic rings. The van der Waals surface area contributed by atoms with E-state index in [2.05, 4.69) is 5.32 Å². The number of anilines is 1. The van der Waals surface area contributed by atoms with Crippen LogP contribution in [0.25, 0.3) is 0 Å². The lowest BCUT2D eigenvalue weighted by atomic mass is 9.81. The summed E-state index contributed by atoms with van der Waals surface area (Å²) in [6, 6.07) is 5.53. The van der Waals surface area contributed by atoms with Crippen molar-refractivity contribution in [2.75, 3.05) is 19.0 Å². The number of fused-ring (bicyclic) bond motifs is 1. The Hall–Kier alpha value is -2.37. The fraction of sp³-hybridized carbons (Fsp3) is 0.526. The number of ether oxygens (including phenoxy) is 1. The van der Waals surface area contributed by atoms with Gasteiger partial charge in [-0.25, -0.2) is 0 Å². The Balaban J connectivity index is 1.60. The molecule has 6 nitrogen and oxygen atoms in total. The van der Waals surface area contributed by atoms with Gasteiger partial charge < -0.3 is 10.1 Å². The van der Waals surface area contributed by atoms with Crippen molar-refractivity contribution in [1.29, 1.82) is 0 Å². The van der Waals surface area contributed by atoms with Crippen LogP contribution < -0.4 is 10.1 Å². The van der Waals surface area contributed by atoms with Gasteiger partial charge in [0.1, 0.15) is 5.75 Å². The summed E-state index contributed by atoms with van der Waals surface area (Å²) in [4.78, 5) is 38.4. The van der Waals surface area contributed by atoms with Gasteiger partial charge in [-0.2, -0.15) is 0 Å². The predicted molar refractivity (Wildman–Crippen MR) is 93.1 cm³/mol. The van der Waals surface area contributed by atoms with Crippen LogP contribution in [0, 0.1) is 18.8 Å². The van der Waals surface area contributed by atoms with Crippen molar-refractivity contribution in [1.82, 2.24) is 4.90 Å². The third-order valence-electron chi connectivity index (χ3n) is 5.12. The molecule has 1 heterocycles. The Kier molecular flexibility index (Phi) is 5.06. The van der Waals surface area contributed by atoms with Crippen LogP contribution in [0.1, 0.15) is 37.7 Å². The summed E-state index contributed by atoms with van der Waals surface area (Å²) in [5, 5.41) is 2.81. The summed E-state index contributed by atoms with van der Waals surface area (Å²) in [5.74, 6) is -0.189. The Morgan fingerprint density at radius 3 is 2.44 bits per heavy atom. The zero-order chi connectivity index (χ0) is 18.0. The van der Waals surface area contributed by atoms with Gasteiger partial charge in [-0.1, -0.05) is 18.9 Å². The number of nitrogens with one attached hydrogen (secondary N) is 1. The minimum atomic E-state index is -0.237. The lowest BCUT2D eigenvalue weighted by molar-refractivity contribution is -0.140. The molecule has 1 aromatic carbocycles. The first-order valence-corrected chi connectivity index (χ1v) is 8.81. The van der Waals surface area contributed by atoms with Crippen LogP contribution in [0.5, 0.6) is 5.75 Å². The molecular weight excluding hydrogens is 320 g/mol. The van der Waals surface area contributed by atoms with Crippen LogP contribution in [-0.2, 0) is 14.4 Å². The summed E-state index contributed by atoms with van der Waals surface area (Å²) in [7, 11) is 1.55. The molecule has 1 aliphatic heterocycles. The van der Waals surface area contributed by atoms with Crippen molar-refractivity contribution in [2.24, 2.45) is 11.8 Å². The molecule has 6 heteroatoms. The number of methoxy groups -OCH3 is 1. The average molecular weight is 344 g/mol. The van der Waals surface area contributed by atoms with Crippen LogP contribution in [0.3, 0.4) is 0 Å². The molecule has 25 heavy (non-hydrogen) atoms. The Labute approximate surface area is 147 Å². The highest BCUT2D eigenvalue weighted by Gasteiger charge is 2.47. The van der Waals surface area contributed by atoms with E-state index in [-0.39, 0.29) is 42.5 Å². The normalized spacial score (nSPS) is 22.7. The summed E-state index contributed by atoms with van der Waals surface area (Å²) in [6.07, 6.45) is 3.67. The number of imide groups is 1. The molecule has 0 bridgehead atoms. The van der Waals surface area contributed by atoms with Gasteiger partial charge in [0.2, 0.25) is 17.7 Å². The van der Waals surface area contributed by atoms with Gasteiger partial charge >= 0.3 is 0 Å². The molecule has 3 rings (SSSR count). The number of benzene rings is 1. The number of rotatable bonds is 5. The highest BCUT2D eigenvalue weighted by Crippen LogP contribution is 2.38.